The second-order valence-electron chi connectivity index (χ2n) is 3.22. The Morgan fingerprint density at radius 1 is 0.833 bits per heavy atom. The Hall–Kier alpha value is -2.97. The van der Waals surface area contributed by atoms with Crippen molar-refractivity contribution in [2.45, 2.75) is 0 Å². The van der Waals surface area contributed by atoms with Crippen LogP contribution in [0.1, 0.15) is 0 Å². The molecule has 1 N–H and O–H groups in total. The van der Waals surface area contributed by atoms with Crippen LogP contribution in [0.3, 0.4) is 0 Å². The summed E-state index contributed by atoms with van der Waals surface area (Å²) in [5, 5.41) is 9.27. The van der Waals surface area contributed by atoms with Gasteiger partial charge in [-0.2, -0.15) is 10.0 Å². The molecule has 2 aliphatic rings. The van der Waals surface area contributed by atoms with E-state index >= 15 is 0 Å². The third kappa shape index (κ3) is 1.54. The molecule has 0 aromatic rings. The first kappa shape index (κ1) is 11.5. The van der Waals surface area contributed by atoms with Crippen LogP contribution in [0.25, 0.3) is 0 Å². The van der Waals surface area contributed by atoms with Crippen molar-refractivity contribution in [3.63, 3.8) is 0 Å². The zero-order valence-corrected chi connectivity index (χ0v) is 8.64. The molecule has 0 radical (unpaired) electrons. The summed E-state index contributed by atoms with van der Waals surface area (Å²) in [4.78, 5) is 56.4. The number of hydrogen-bond acceptors (Lipinski definition) is 5. The van der Waals surface area contributed by atoms with Gasteiger partial charge in [0, 0.05) is 24.3 Å². The van der Waals surface area contributed by atoms with E-state index in [0.717, 1.165) is 24.3 Å². The van der Waals surface area contributed by atoms with E-state index in [1.54, 1.807) is 0 Å². The van der Waals surface area contributed by atoms with Crippen LogP contribution in [0.4, 0.5) is 4.79 Å². The minimum atomic E-state index is -1.81. The molecule has 0 saturated carbocycles. The number of hydrogen-bond donors (Lipinski definition) is 1. The fourth-order valence-electron chi connectivity index (χ4n) is 1.42. The Morgan fingerprint density at radius 2 is 1.11 bits per heavy atom. The summed E-state index contributed by atoms with van der Waals surface area (Å²) in [7, 11) is 0. The lowest BCUT2D eigenvalue weighted by atomic mass is 10.6. The number of carboxylic acid groups (broad SMARTS) is 1. The van der Waals surface area contributed by atoms with Crippen LogP contribution in [0.2, 0.25) is 0 Å². The van der Waals surface area contributed by atoms with Crippen molar-refractivity contribution in [2.75, 3.05) is 0 Å². The SMILES string of the molecule is O=C1C=CC(=O)N1N(C(=O)O)N1C(=O)C=CC1=O. The lowest BCUT2D eigenvalue weighted by Gasteiger charge is -2.31. The van der Waals surface area contributed by atoms with Crippen molar-refractivity contribution in [3.8, 4) is 0 Å². The van der Waals surface area contributed by atoms with Crippen molar-refractivity contribution >= 4 is 29.7 Å². The van der Waals surface area contributed by atoms with Crippen LogP contribution in [0.15, 0.2) is 24.3 Å². The molecule has 0 bridgehead atoms. The number of carbonyl (C=O) groups excluding carboxylic acids is 4. The van der Waals surface area contributed by atoms with Gasteiger partial charge in [0.15, 0.2) is 0 Å². The van der Waals surface area contributed by atoms with Crippen LogP contribution >= 0.6 is 0 Å². The number of hydrazine groups is 2. The van der Waals surface area contributed by atoms with E-state index in [-0.39, 0.29) is 15.1 Å². The maximum absolute atomic E-state index is 11.3. The lowest BCUT2D eigenvalue weighted by molar-refractivity contribution is -0.186. The quantitative estimate of drug-likeness (QED) is 0.606. The summed E-state index contributed by atoms with van der Waals surface area (Å²) in [6.07, 6.45) is 1.51. The van der Waals surface area contributed by atoms with Crippen molar-refractivity contribution in [1.29, 1.82) is 0 Å². The molecule has 0 aromatic heterocycles. The second-order valence-corrected chi connectivity index (χ2v) is 3.22. The van der Waals surface area contributed by atoms with Gasteiger partial charge >= 0.3 is 6.09 Å². The number of imide groups is 2. The maximum Gasteiger partial charge on any atom is 0.447 e. The number of nitrogens with zero attached hydrogens (tertiary/aromatic N) is 3. The molecule has 2 aliphatic heterocycles. The minimum absolute atomic E-state index is 0.0185. The molecular weight excluding hydrogens is 246 g/mol. The predicted molar refractivity (Wildman–Crippen MR) is 51.8 cm³/mol. The van der Waals surface area contributed by atoms with Crippen molar-refractivity contribution in [2.24, 2.45) is 0 Å². The van der Waals surface area contributed by atoms with Gasteiger partial charge < -0.3 is 5.11 Å². The van der Waals surface area contributed by atoms with Crippen LogP contribution < -0.4 is 0 Å². The van der Waals surface area contributed by atoms with Gasteiger partial charge in [-0.25, -0.2) is 4.79 Å². The third-order valence-corrected chi connectivity index (χ3v) is 2.12. The zero-order valence-electron chi connectivity index (χ0n) is 8.64. The topological polar surface area (TPSA) is 115 Å². The van der Waals surface area contributed by atoms with Crippen LogP contribution in [-0.4, -0.2) is 50.0 Å². The summed E-state index contributed by atoms with van der Waals surface area (Å²) >= 11 is 0. The van der Waals surface area contributed by atoms with Gasteiger partial charge in [-0.15, -0.1) is 0 Å². The number of rotatable bonds is 2. The molecule has 0 fully saturated rings. The molecule has 92 valence electrons. The number of carbonyl (C=O) groups is 5. The normalized spacial score (nSPS) is 18.2. The Kier molecular flexibility index (Phi) is 2.43. The van der Waals surface area contributed by atoms with Crippen LogP contribution in [0.5, 0.6) is 0 Å². The molecule has 2 heterocycles. The van der Waals surface area contributed by atoms with Gasteiger partial charge in [0.25, 0.3) is 23.6 Å². The molecule has 5 amide bonds. The highest BCUT2D eigenvalue weighted by molar-refractivity contribution is 6.16. The first-order chi connectivity index (χ1) is 8.43. The summed E-state index contributed by atoms with van der Waals surface area (Å²) in [5.41, 5.74) is 0. The molecule has 0 spiro atoms. The molecule has 2 rings (SSSR count). The molecular formula is C9H5N3O6. The van der Waals surface area contributed by atoms with Crippen LogP contribution in [-0.2, 0) is 19.2 Å². The van der Waals surface area contributed by atoms with Gasteiger partial charge in [-0.1, -0.05) is 5.12 Å². The van der Waals surface area contributed by atoms with Crippen molar-refractivity contribution in [1.82, 2.24) is 15.1 Å². The summed E-state index contributed by atoms with van der Waals surface area (Å²) in [6.45, 7) is 0. The average molecular weight is 251 g/mol. The van der Waals surface area contributed by atoms with Crippen molar-refractivity contribution in [3.05, 3.63) is 24.3 Å². The summed E-state index contributed by atoms with van der Waals surface area (Å²) in [6, 6.07) is 0. The Balaban J connectivity index is 2.39. The Labute approximate surface area is 99.1 Å². The number of amides is 5. The summed E-state index contributed by atoms with van der Waals surface area (Å²) < 4.78 is 0. The van der Waals surface area contributed by atoms with Gasteiger partial charge in [-0.05, 0) is 0 Å². The molecule has 18 heavy (non-hydrogen) atoms. The highest BCUT2D eigenvalue weighted by Gasteiger charge is 2.42. The van der Waals surface area contributed by atoms with E-state index in [9.17, 15) is 24.0 Å². The Bertz CT molecular complexity index is 471. The van der Waals surface area contributed by atoms with Gasteiger partial charge in [0.05, 0.1) is 0 Å². The molecule has 9 heteroatoms. The van der Waals surface area contributed by atoms with Gasteiger partial charge in [0.1, 0.15) is 0 Å². The van der Waals surface area contributed by atoms with Gasteiger partial charge in [-0.3, -0.25) is 19.2 Å². The average Bonchev–Trinajstić information content (AvgIpc) is 2.78. The van der Waals surface area contributed by atoms with E-state index in [4.69, 9.17) is 5.11 Å². The zero-order chi connectivity index (χ0) is 13.4. The highest BCUT2D eigenvalue weighted by Crippen LogP contribution is 2.16. The molecule has 0 aromatic carbocycles. The third-order valence-electron chi connectivity index (χ3n) is 2.12. The monoisotopic (exact) mass is 251 g/mol. The standard InChI is InChI=1S/C9H5N3O6/c13-5-1-2-6(14)10(5)12(9(17)18)11-7(15)3-4-8(11)16/h1-4H,(H,17,18). The molecule has 0 atom stereocenters. The fraction of sp³-hybridized carbons (Fsp3) is 0. The maximum atomic E-state index is 11.3. The van der Waals surface area contributed by atoms with E-state index in [1.165, 1.54) is 0 Å². The largest absolute Gasteiger partial charge is 0.462 e. The van der Waals surface area contributed by atoms with E-state index in [2.05, 4.69) is 0 Å². The fourth-order valence-corrected chi connectivity index (χ4v) is 1.42. The second kappa shape index (κ2) is 3.80. The van der Waals surface area contributed by atoms with Gasteiger partial charge in [0.2, 0.25) is 0 Å². The highest BCUT2D eigenvalue weighted by atomic mass is 16.4. The minimum Gasteiger partial charge on any atom is -0.462 e. The molecule has 9 nitrogen and oxygen atoms in total. The lowest BCUT2D eigenvalue weighted by Crippen LogP contribution is -2.59. The van der Waals surface area contributed by atoms with Crippen LogP contribution in [0, 0.1) is 0 Å². The van der Waals surface area contributed by atoms with E-state index in [0.29, 0.717) is 0 Å². The summed E-state index contributed by atoms with van der Waals surface area (Å²) in [5.74, 6) is -3.85. The predicted octanol–water partition coefficient (Wildman–Crippen LogP) is -1.35. The van der Waals surface area contributed by atoms with E-state index in [1.807, 2.05) is 0 Å². The Morgan fingerprint density at radius 3 is 1.33 bits per heavy atom. The smallest absolute Gasteiger partial charge is 0.447 e. The molecule has 0 saturated heterocycles. The molecule has 0 aliphatic carbocycles. The molecule has 0 unspecified atom stereocenters. The first-order valence-electron chi connectivity index (χ1n) is 4.58. The first-order valence-corrected chi connectivity index (χ1v) is 4.58. The van der Waals surface area contributed by atoms with E-state index < -0.39 is 29.7 Å². The van der Waals surface area contributed by atoms with Crippen molar-refractivity contribution < 1.29 is 29.1 Å².